The van der Waals surface area contributed by atoms with Crippen molar-refractivity contribution in [2.75, 3.05) is 47.0 Å². The molecule has 0 radical (unpaired) electrons. The highest BCUT2D eigenvalue weighted by Gasteiger charge is 2.22. The minimum atomic E-state index is 0.426. The Hall–Kier alpha value is -0.160. The number of methoxy groups -OCH3 is 2. The van der Waals surface area contributed by atoms with Crippen LogP contribution < -0.4 is 5.32 Å². The summed E-state index contributed by atoms with van der Waals surface area (Å²) in [5, 5.41) is 3.41. The second-order valence-electron chi connectivity index (χ2n) is 4.54. The van der Waals surface area contributed by atoms with Gasteiger partial charge in [-0.25, -0.2) is 0 Å². The molecule has 1 aliphatic rings. The predicted octanol–water partition coefficient (Wildman–Crippen LogP) is 0.722. The fourth-order valence-corrected chi connectivity index (χ4v) is 2.17. The summed E-state index contributed by atoms with van der Waals surface area (Å²) < 4.78 is 10.4. The number of piperidine rings is 1. The molecule has 0 amide bonds. The Bertz CT molecular complexity index is 178. The van der Waals surface area contributed by atoms with Gasteiger partial charge < -0.3 is 14.8 Å². The van der Waals surface area contributed by atoms with Gasteiger partial charge >= 0.3 is 0 Å². The zero-order valence-electron chi connectivity index (χ0n) is 10.9. The molecule has 0 spiro atoms. The van der Waals surface area contributed by atoms with Crippen LogP contribution >= 0.6 is 0 Å². The SMILES string of the molecule is COCCNCC(C)N1CCCC(OC)C1. The van der Waals surface area contributed by atoms with Gasteiger partial charge in [0.1, 0.15) is 0 Å². The molecule has 16 heavy (non-hydrogen) atoms. The standard InChI is InChI=1S/C12H26N2O2/c1-11(9-13-6-8-15-2)14-7-4-5-12(10-14)16-3/h11-13H,4-10H2,1-3H3. The molecule has 1 rings (SSSR count). The molecule has 1 fully saturated rings. The highest BCUT2D eigenvalue weighted by molar-refractivity contribution is 4.78. The van der Waals surface area contributed by atoms with E-state index in [-0.39, 0.29) is 0 Å². The molecule has 1 heterocycles. The maximum Gasteiger partial charge on any atom is 0.0698 e. The number of rotatable bonds is 7. The van der Waals surface area contributed by atoms with Crippen molar-refractivity contribution in [3.63, 3.8) is 0 Å². The van der Waals surface area contributed by atoms with Crippen LogP contribution in [0.25, 0.3) is 0 Å². The van der Waals surface area contributed by atoms with E-state index in [2.05, 4.69) is 17.1 Å². The third kappa shape index (κ3) is 4.78. The molecule has 4 heteroatoms. The third-order valence-electron chi connectivity index (χ3n) is 3.29. The largest absolute Gasteiger partial charge is 0.383 e. The summed E-state index contributed by atoms with van der Waals surface area (Å²) in [5.41, 5.74) is 0. The average Bonchev–Trinajstić information content (AvgIpc) is 2.34. The van der Waals surface area contributed by atoms with Crippen molar-refractivity contribution in [1.82, 2.24) is 10.2 Å². The van der Waals surface area contributed by atoms with Crippen LogP contribution in [0.15, 0.2) is 0 Å². The van der Waals surface area contributed by atoms with Gasteiger partial charge in [0, 0.05) is 39.9 Å². The van der Waals surface area contributed by atoms with E-state index in [0.29, 0.717) is 12.1 Å². The molecular weight excluding hydrogens is 204 g/mol. The van der Waals surface area contributed by atoms with E-state index in [9.17, 15) is 0 Å². The first-order valence-electron chi connectivity index (χ1n) is 6.24. The molecule has 1 N–H and O–H groups in total. The third-order valence-corrected chi connectivity index (χ3v) is 3.29. The molecule has 96 valence electrons. The van der Waals surface area contributed by atoms with Gasteiger partial charge in [0.05, 0.1) is 12.7 Å². The van der Waals surface area contributed by atoms with Gasteiger partial charge in [-0.15, -0.1) is 0 Å². The van der Waals surface area contributed by atoms with E-state index in [1.54, 1.807) is 7.11 Å². The van der Waals surface area contributed by atoms with Crippen molar-refractivity contribution in [2.45, 2.75) is 31.9 Å². The Kier molecular flexibility index (Phi) is 6.96. The maximum atomic E-state index is 5.43. The summed E-state index contributed by atoms with van der Waals surface area (Å²) in [5.74, 6) is 0. The maximum absolute atomic E-state index is 5.43. The highest BCUT2D eigenvalue weighted by Crippen LogP contribution is 2.14. The lowest BCUT2D eigenvalue weighted by molar-refractivity contribution is 0.0174. The van der Waals surface area contributed by atoms with E-state index < -0.39 is 0 Å². The first kappa shape index (κ1) is 13.9. The van der Waals surface area contributed by atoms with Crippen molar-refractivity contribution in [3.05, 3.63) is 0 Å². The van der Waals surface area contributed by atoms with Crippen molar-refractivity contribution in [1.29, 1.82) is 0 Å². The first-order valence-corrected chi connectivity index (χ1v) is 6.24. The summed E-state index contributed by atoms with van der Waals surface area (Å²) in [6, 6.07) is 0.579. The van der Waals surface area contributed by atoms with Crippen LogP contribution in [0.5, 0.6) is 0 Å². The van der Waals surface area contributed by atoms with E-state index in [1.165, 1.54) is 19.4 Å². The van der Waals surface area contributed by atoms with Crippen LogP contribution in [0.4, 0.5) is 0 Å². The van der Waals surface area contributed by atoms with E-state index in [4.69, 9.17) is 9.47 Å². The Balaban J connectivity index is 2.16. The first-order chi connectivity index (χ1) is 7.77. The number of hydrogen-bond donors (Lipinski definition) is 1. The molecule has 1 aliphatic heterocycles. The van der Waals surface area contributed by atoms with Crippen LogP contribution in [-0.4, -0.2) is 64.1 Å². The fourth-order valence-electron chi connectivity index (χ4n) is 2.17. The zero-order valence-corrected chi connectivity index (χ0v) is 10.9. The summed E-state index contributed by atoms with van der Waals surface area (Å²) in [7, 11) is 3.55. The Morgan fingerprint density at radius 1 is 1.44 bits per heavy atom. The van der Waals surface area contributed by atoms with Crippen LogP contribution in [0.1, 0.15) is 19.8 Å². The Morgan fingerprint density at radius 3 is 2.94 bits per heavy atom. The minimum absolute atomic E-state index is 0.426. The number of ether oxygens (including phenoxy) is 2. The summed E-state index contributed by atoms with van der Waals surface area (Å²) >= 11 is 0. The molecular formula is C12H26N2O2. The topological polar surface area (TPSA) is 33.7 Å². The lowest BCUT2D eigenvalue weighted by Gasteiger charge is -2.36. The summed E-state index contributed by atoms with van der Waals surface area (Å²) in [6.07, 6.45) is 2.88. The molecule has 2 unspecified atom stereocenters. The van der Waals surface area contributed by atoms with Gasteiger partial charge in [-0.05, 0) is 26.3 Å². The number of hydrogen-bond acceptors (Lipinski definition) is 4. The van der Waals surface area contributed by atoms with Gasteiger partial charge in [0.15, 0.2) is 0 Å². The number of likely N-dealkylation sites (tertiary alicyclic amines) is 1. The van der Waals surface area contributed by atoms with Crippen molar-refractivity contribution < 1.29 is 9.47 Å². The van der Waals surface area contributed by atoms with Crippen LogP contribution in [-0.2, 0) is 9.47 Å². The molecule has 0 bridgehead atoms. The molecule has 4 nitrogen and oxygen atoms in total. The Labute approximate surface area is 99.3 Å². The van der Waals surface area contributed by atoms with Gasteiger partial charge in [0.2, 0.25) is 0 Å². The lowest BCUT2D eigenvalue weighted by atomic mass is 10.1. The summed E-state index contributed by atoms with van der Waals surface area (Å²) in [4.78, 5) is 2.51. The normalized spacial score (nSPS) is 24.6. The minimum Gasteiger partial charge on any atom is -0.383 e. The quantitative estimate of drug-likeness (QED) is 0.654. The second-order valence-corrected chi connectivity index (χ2v) is 4.54. The number of nitrogens with one attached hydrogen (secondary N) is 1. The Morgan fingerprint density at radius 2 is 2.25 bits per heavy atom. The number of nitrogens with zero attached hydrogens (tertiary/aromatic N) is 1. The van der Waals surface area contributed by atoms with Crippen molar-refractivity contribution >= 4 is 0 Å². The van der Waals surface area contributed by atoms with Crippen molar-refractivity contribution in [3.8, 4) is 0 Å². The summed E-state index contributed by atoms with van der Waals surface area (Å²) in [6.45, 7) is 7.30. The molecule has 2 atom stereocenters. The van der Waals surface area contributed by atoms with Gasteiger partial charge in [-0.2, -0.15) is 0 Å². The molecule has 0 saturated carbocycles. The zero-order chi connectivity index (χ0) is 11.8. The van der Waals surface area contributed by atoms with Crippen LogP contribution in [0, 0.1) is 0 Å². The van der Waals surface area contributed by atoms with E-state index in [0.717, 1.165) is 26.2 Å². The molecule has 0 aromatic heterocycles. The van der Waals surface area contributed by atoms with Gasteiger partial charge in [-0.1, -0.05) is 0 Å². The molecule has 0 aromatic carbocycles. The van der Waals surface area contributed by atoms with E-state index >= 15 is 0 Å². The fraction of sp³-hybridized carbons (Fsp3) is 1.00. The molecule has 1 saturated heterocycles. The lowest BCUT2D eigenvalue weighted by Crippen LogP contribution is -2.48. The predicted molar refractivity (Wildman–Crippen MR) is 65.8 cm³/mol. The van der Waals surface area contributed by atoms with Crippen molar-refractivity contribution in [2.24, 2.45) is 0 Å². The second kappa shape index (κ2) is 8.01. The average molecular weight is 230 g/mol. The van der Waals surface area contributed by atoms with E-state index in [1.807, 2.05) is 7.11 Å². The monoisotopic (exact) mass is 230 g/mol. The highest BCUT2D eigenvalue weighted by atomic mass is 16.5. The van der Waals surface area contributed by atoms with Gasteiger partial charge in [-0.3, -0.25) is 4.90 Å². The van der Waals surface area contributed by atoms with Gasteiger partial charge in [0.25, 0.3) is 0 Å². The van der Waals surface area contributed by atoms with Crippen LogP contribution in [0.2, 0.25) is 0 Å². The van der Waals surface area contributed by atoms with Crippen LogP contribution in [0.3, 0.4) is 0 Å². The molecule has 0 aliphatic carbocycles. The smallest absolute Gasteiger partial charge is 0.0698 e. The molecule has 0 aromatic rings.